The molecule has 0 radical (unpaired) electrons. The van der Waals surface area contributed by atoms with E-state index in [0.29, 0.717) is 5.41 Å². The van der Waals surface area contributed by atoms with E-state index in [0.717, 1.165) is 18.7 Å². The highest BCUT2D eigenvalue weighted by molar-refractivity contribution is 5.34. The molecule has 2 heteroatoms. The minimum Gasteiger partial charge on any atom is -0.497 e. The molecule has 1 unspecified atom stereocenters. The summed E-state index contributed by atoms with van der Waals surface area (Å²) in [6.45, 7) is 8.12. The average Bonchev–Trinajstić information content (AvgIpc) is 2.63. The topological polar surface area (TPSA) is 21.3 Å². The minimum absolute atomic E-state index is 0.100. The van der Waals surface area contributed by atoms with Crippen LogP contribution >= 0.6 is 0 Å². The molecule has 1 heterocycles. The van der Waals surface area contributed by atoms with E-state index >= 15 is 0 Å². The molecule has 2 rings (SSSR count). The molecule has 112 valence electrons. The van der Waals surface area contributed by atoms with E-state index < -0.39 is 0 Å². The largest absolute Gasteiger partial charge is 0.497 e. The molecule has 1 aliphatic rings. The van der Waals surface area contributed by atoms with E-state index in [1.54, 1.807) is 7.11 Å². The summed E-state index contributed by atoms with van der Waals surface area (Å²) in [5.74, 6) is 0.960. The van der Waals surface area contributed by atoms with Gasteiger partial charge in [0, 0.05) is 5.54 Å². The molecule has 0 saturated carbocycles. The monoisotopic (exact) mass is 275 g/mol. The number of hydrogen-bond acceptors (Lipinski definition) is 2. The Labute approximate surface area is 123 Å². The molecule has 1 fully saturated rings. The van der Waals surface area contributed by atoms with Gasteiger partial charge in [-0.25, -0.2) is 0 Å². The third kappa shape index (κ3) is 3.76. The van der Waals surface area contributed by atoms with Gasteiger partial charge in [0.1, 0.15) is 5.75 Å². The van der Waals surface area contributed by atoms with Crippen LogP contribution in [0.4, 0.5) is 0 Å². The Morgan fingerprint density at radius 1 is 1.20 bits per heavy atom. The number of hydrogen-bond donors (Lipinski definition) is 1. The normalized spacial score (nSPS) is 24.2. The number of benzene rings is 1. The highest BCUT2D eigenvalue weighted by atomic mass is 16.5. The Bertz CT molecular complexity index is 425. The van der Waals surface area contributed by atoms with Gasteiger partial charge in [0.05, 0.1) is 7.11 Å². The third-order valence-corrected chi connectivity index (χ3v) is 4.20. The third-order valence-electron chi connectivity index (χ3n) is 4.20. The van der Waals surface area contributed by atoms with Crippen LogP contribution in [0.2, 0.25) is 0 Å². The van der Waals surface area contributed by atoms with Gasteiger partial charge >= 0.3 is 0 Å². The summed E-state index contributed by atoms with van der Waals surface area (Å²) in [5, 5.41) is 3.86. The van der Waals surface area contributed by atoms with Gasteiger partial charge in [-0.3, -0.25) is 0 Å². The SMILES string of the molecule is COc1cccc(C2(CC(C)(C)C)CCCCCN2)c1. The second-order valence-corrected chi connectivity index (χ2v) is 7.29. The minimum atomic E-state index is 0.100. The van der Waals surface area contributed by atoms with E-state index in [2.05, 4.69) is 44.3 Å². The summed E-state index contributed by atoms with van der Waals surface area (Å²) >= 11 is 0. The Hall–Kier alpha value is -1.02. The van der Waals surface area contributed by atoms with E-state index in [9.17, 15) is 0 Å². The van der Waals surface area contributed by atoms with E-state index in [1.165, 1.54) is 31.2 Å². The van der Waals surface area contributed by atoms with E-state index in [-0.39, 0.29) is 5.54 Å². The highest BCUT2D eigenvalue weighted by Crippen LogP contribution is 2.40. The van der Waals surface area contributed by atoms with Gasteiger partial charge in [-0.1, -0.05) is 45.7 Å². The van der Waals surface area contributed by atoms with Crippen LogP contribution < -0.4 is 10.1 Å². The van der Waals surface area contributed by atoms with Crippen molar-refractivity contribution in [2.75, 3.05) is 13.7 Å². The van der Waals surface area contributed by atoms with Crippen LogP contribution in [0.25, 0.3) is 0 Å². The predicted molar refractivity (Wildman–Crippen MR) is 85.2 cm³/mol. The average molecular weight is 275 g/mol. The second kappa shape index (κ2) is 6.17. The first kappa shape index (κ1) is 15.4. The van der Waals surface area contributed by atoms with Gasteiger partial charge in [-0.05, 0) is 48.9 Å². The van der Waals surface area contributed by atoms with Crippen molar-refractivity contribution >= 4 is 0 Å². The molecule has 2 nitrogen and oxygen atoms in total. The molecule has 1 aliphatic heterocycles. The van der Waals surface area contributed by atoms with Gasteiger partial charge in [0.25, 0.3) is 0 Å². The Morgan fingerprint density at radius 3 is 2.70 bits per heavy atom. The van der Waals surface area contributed by atoms with Crippen LogP contribution in [0.15, 0.2) is 24.3 Å². The summed E-state index contributed by atoms with van der Waals surface area (Å²) in [7, 11) is 1.75. The molecule has 1 aromatic rings. The summed E-state index contributed by atoms with van der Waals surface area (Å²) in [4.78, 5) is 0. The molecule has 1 aromatic carbocycles. The van der Waals surface area contributed by atoms with Crippen LogP contribution in [0.5, 0.6) is 5.75 Å². The van der Waals surface area contributed by atoms with Crippen molar-refractivity contribution in [3.8, 4) is 5.75 Å². The summed E-state index contributed by atoms with van der Waals surface area (Å²) in [6.07, 6.45) is 6.31. The molecular weight excluding hydrogens is 246 g/mol. The van der Waals surface area contributed by atoms with Crippen LogP contribution in [0, 0.1) is 5.41 Å². The van der Waals surface area contributed by atoms with Crippen LogP contribution in [0.3, 0.4) is 0 Å². The Morgan fingerprint density at radius 2 is 2.00 bits per heavy atom. The Kier molecular flexibility index (Phi) is 4.74. The van der Waals surface area contributed by atoms with Crippen molar-refractivity contribution < 1.29 is 4.74 Å². The summed E-state index contributed by atoms with van der Waals surface area (Å²) in [6, 6.07) is 8.62. The van der Waals surface area contributed by atoms with E-state index in [1.807, 2.05) is 6.07 Å². The smallest absolute Gasteiger partial charge is 0.119 e. The molecular formula is C18H29NO. The first-order valence-electron chi connectivity index (χ1n) is 7.85. The van der Waals surface area contributed by atoms with Crippen molar-refractivity contribution in [1.29, 1.82) is 0 Å². The molecule has 20 heavy (non-hydrogen) atoms. The maximum absolute atomic E-state index is 5.42. The zero-order valence-corrected chi connectivity index (χ0v) is 13.5. The molecule has 1 atom stereocenters. The second-order valence-electron chi connectivity index (χ2n) is 7.29. The van der Waals surface area contributed by atoms with Gasteiger partial charge in [0.2, 0.25) is 0 Å². The lowest BCUT2D eigenvalue weighted by atomic mass is 9.73. The molecule has 0 spiro atoms. The first-order chi connectivity index (χ1) is 9.45. The zero-order valence-electron chi connectivity index (χ0n) is 13.5. The van der Waals surface area contributed by atoms with Crippen molar-refractivity contribution in [2.45, 2.75) is 58.4 Å². The molecule has 1 N–H and O–H groups in total. The molecule has 0 aliphatic carbocycles. The van der Waals surface area contributed by atoms with Crippen LogP contribution in [0.1, 0.15) is 58.4 Å². The first-order valence-corrected chi connectivity index (χ1v) is 7.85. The summed E-state index contributed by atoms with van der Waals surface area (Å²) in [5.41, 5.74) is 1.79. The fraction of sp³-hybridized carbons (Fsp3) is 0.667. The number of ether oxygens (including phenoxy) is 1. The quantitative estimate of drug-likeness (QED) is 0.877. The molecule has 0 aromatic heterocycles. The van der Waals surface area contributed by atoms with Gasteiger partial charge < -0.3 is 10.1 Å². The maximum atomic E-state index is 5.42. The molecule has 1 saturated heterocycles. The predicted octanol–water partition coefficient (Wildman–Crippen LogP) is 4.49. The lowest BCUT2D eigenvalue weighted by Crippen LogP contribution is -2.44. The number of rotatable bonds is 3. The van der Waals surface area contributed by atoms with Crippen molar-refractivity contribution in [1.82, 2.24) is 5.32 Å². The fourth-order valence-electron chi connectivity index (χ4n) is 3.47. The highest BCUT2D eigenvalue weighted by Gasteiger charge is 2.36. The van der Waals surface area contributed by atoms with Crippen LogP contribution in [-0.2, 0) is 5.54 Å². The fourth-order valence-corrected chi connectivity index (χ4v) is 3.47. The lowest BCUT2D eigenvalue weighted by Gasteiger charge is -2.40. The van der Waals surface area contributed by atoms with Gasteiger partial charge in [-0.2, -0.15) is 0 Å². The standard InChI is InChI=1S/C18H29NO/c1-17(2,3)14-18(11-6-5-7-12-19-18)15-9-8-10-16(13-15)20-4/h8-10,13,19H,5-7,11-12,14H2,1-4H3. The van der Waals surface area contributed by atoms with Gasteiger partial charge in [0.15, 0.2) is 0 Å². The summed E-state index contributed by atoms with van der Waals surface area (Å²) < 4.78 is 5.42. The van der Waals surface area contributed by atoms with Crippen molar-refractivity contribution in [2.24, 2.45) is 5.41 Å². The van der Waals surface area contributed by atoms with Crippen molar-refractivity contribution in [3.63, 3.8) is 0 Å². The maximum Gasteiger partial charge on any atom is 0.119 e. The zero-order chi connectivity index (χ0) is 14.6. The Balaban J connectivity index is 2.38. The van der Waals surface area contributed by atoms with Crippen molar-refractivity contribution in [3.05, 3.63) is 29.8 Å². The number of nitrogens with one attached hydrogen (secondary N) is 1. The van der Waals surface area contributed by atoms with E-state index in [4.69, 9.17) is 4.74 Å². The lowest BCUT2D eigenvalue weighted by molar-refractivity contribution is 0.202. The molecule has 0 amide bonds. The van der Waals surface area contributed by atoms with Crippen LogP contribution in [-0.4, -0.2) is 13.7 Å². The number of methoxy groups -OCH3 is 1. The van der Waals surface area contributed by atoms with Gasteiger partial charge in [-0.15, -0.1) is 0 Å². The molecule has 0 bridgehead atoms.